The fourth-order valence-corrected chi connectivity index (χ4v) is 3.03. The number of carbonyl (C=O) groups excluding carboxylic acids is 8. The van der Waals surface area contributed by atoms with Gasteiger partial charge in [0.15, 0.2) is 23.3 Å². The van der Waals surface area contributed by atoms with Crippen molar-refractivity contribution in [2.24, 2.45) is 32.5 Å². The number of carboxylic acid groups (broad SMARTS) is 8. The van der Waals surface area contributed by atoms with Crippen LogP contribution in [-0.2, 0) is 126 Å². The van der Waals surface area contributed by atoms with E-state index >= 15 is 0 Å². The molecule has 4 fully saturated rings. The van der Waals surface area contributed by atoms with E-state index in [4.69, 9.17) is 18.9 Å². The van der Waals surface area contributed by atoms with E-state index in [1.54, 1.807) is 125 Å². The van der Waals surface area contributed by atoms with E-state index in [0.29, 0.717) is 0 Å². The third kappa shape index (κ3) is 61.6. The third-order valence-corrected chi connectivity index (χ3v) is 8.66. The number of ether oxygens (including phenoxy) is 4. The van der Waals surface area contributed by atoms with Crippen LogP contribution in [-0.4, -0.2) is 101 Å². The molecule has 0 aliphatic carbocycles. The van der Waals surface area contributed by atoms with Crippen molar-refractivity contribution in [2.75, 3.05) is 52.9 Å². The van der Waals surface area contributed by atoms with Gasteiger partial charge >= 0.3 is 77.9 Å². The average molecular weight is 1540 g/mol. The number of hydrogen-bond donors (Lipinski definition) is 0. The fourth-order valence-electron chi connectivity index (χ4n) is 3.03. The molecule has 0 bridgehead atoms. The molecule has 486 valence electrons. The first-order valence-corrected chi connectivity index (χ1v) is 24.8. The summed E-state index contributed by atoms with van der Waals surface area (Å²) in [5.74, 6) is -20.5. The second kappa shape index (κ2) is 51.3. The van der Waals surface area contributed by atoms with Crippen molar-refractivity contribution in [3.05, 3.63) is 34.4 Å². The quantitative estimate of drug-likeness (QED) is 0.225. The summed E-state index contributed by atoms with van der Waals surface area (Å²) >= 11 is 0. The second-order valence-corrected chi connectivity index (χ2v) is 23.1. The first kappa shape index (κ1) is 101. The van der Waals surface area contributed by atoms with Crippen molar-refractivity contribution in [2.45, 2.75) is 176 Å². The Hall–Kier alpha value is -2.97. The van der Waals surface area contributed by atoms with E-state index in [1.807, 2.05) is 0 Å². The van der Waals surface area contributed by atoms with Gasteiger partial charge in [0.05, 0.1) is 23.1 Å². The molecule has 4 heterocycles. The Balaban J connectivity index is -0.0000000884. The van der Waals surface area contributed by atoms with Gasteiger partial charge < -0.3 is 98.2 Å². The Kier molecular flexibility index (Phi) is 63.1. The zero-order valence-electron chi connectivity index (χ0n) is 50.3. The summed E-state index contributed by atoms with van der Waals surface area (Å²) in [6.07, 6.45) is 10.2. The summed E-state index contributed by atoms with van der Waals surface area (Å²) < 4.78 is 71.1. The van der Waals surface area contributed by atoms with Gasteiger partial charge in [-0.05, 0) is 51.4 Å². The first-order chi connectivity index (χ1) is 34.9. The van der Waals surface area contributed by atoms with Gasteiger partial charge in [-0.25, -0.2) is 17.6 Å². The minimum atomic E-state index is -2.52. The molecule has 0 aromatic heterocycles. The van der Waals surface area contributed by atoms with Crippen LogP contribution in [0.15, 0.2) is 0 Å². The van der Waals surface area contributed by atoms with Crippen molar-refractivity contribution < 1.29 is 194 Å². The Morgan fingerprint density at radius 2 is 0.354 bits per heavy atom. The molecule has 4 aliphatic heterocycles. The molecule has 4 aliphatic rings. The average Bonchev–Trinajstić information content (AvgIpc) is 4.13. The van der Waals surface area contributed by atoms with E-state index in [2.05, 4.69) is 0 Å². The number of carbonyl (C=O) groups is 8. The molecule has 4 saturated heterocycles. The molecule has 1 aromatic carbocycles. The van der Waals surface area contributed by atoms with Crippen molar-refractivity contribution >= 4 is 47.8 Å². The molecule has 28 heteroatoms. The van der Waals surface area contributed by atoms with Crippen LogP contribution in [0.3, 0.4) is 0 Å². The summed E-state index contributed by atoms with van der Waals surface area (Å²) in [5.41, 5.74) is -8.19. The standard InChI is InChI=1S/C8H2F4O4.6C5H10O2.4C4H8O.4Rh/c9-3-1(7(13)14)4(10)6(12)2(5(3)11)8(15)16;6*1-5(2,3)4(6)7;4*1-2-4-5-3-1;;;;/h(H,13,14)(H,15,16);6*1-3H3,(H,6,7);4*1-4H2;;;;/q;;;;;;;;;;;4*+2/p-8. The number of hydrogen-bond acceptors (Lipinski definition) is 20. The largest absolute Gasteiger partial charge is 2.00 e. The Bertz CT molecular complexity index is 1610. The number of carboxylic acids is 8. The topological polar surface area (TPSA) is 358 Å². The Labute approximate surface area is 533 Å². The van der Waals surface area contributed by atoms with Crippen LogP contribution >= 0.6 is 0 Å². The number of rotatable bonds is 2. The summed E-state index contributed by atoms with van der Waals surface area (Å²) in [4.78, 5) is 79.7. The van der Waals surface area contributed by atoms with Gasteiger partial charge in [-0.1, -0.05) is 125 Å². The van der Waals surface area contributed by atoms with Crippen molar-refractivity contribution in [1.29, 1.82) is 0 Å². The normalized spacial score (nSPS) is 13.6. The molecule has 5 rings (SSSR count). The number of aliphatic carboxylic acids is 6. The van der Waals surface area contributed by atoms with Crippen LogP contribution in [0, 0.1) is 55.8 Å². The van der Waals surface area contributed by atoms with Crippen molar-refractivity contribution in [3.63, 3.8) is 0 Å². The summed E-state index contributed by atoms with van der Waals surface area (Å²) in [7, 11) is 0. The number of aromatic carboxylic acids is 2. The summed E-state index contributed by atoms with van der Waals surface area (Å²) in [5, 5.41) is 79.7. The molecule has 0 N–H and O–H groups in total. The smallest absolute Gasteiger partial charge is 0.550 e. The fraction of sp³-hybridized carbons (Fsp3) is 0.741. The molecule has 20 nitrogen and oxygen atoms in total. The van der Waals surface area contributed by atoms with E-state index in [9.17, 15) is 96.8 Å². The van der Waals surface area contributed by atoms with E-state index in [-0.39, 0.29) is 77.9 Å². The van der Waals surface area contributed by atoms with Gasteiger partial charge in [0.25, 0.3) is 0 Å². The van der Waals surface area contributed by atoms with E-state index in [0.717, 1.165) is 52.9 Å². The first-order valence-electron chi connectivity index (χ1n) is 24.8. The van der Waals surface area contributed by atoms with Gasteiger partial charge in [-0.2, -0.15) is 0 Å². The maximum Gasteiger partial charge on any atom is 2.00 e. The molecule has 4 radical (unpaired) electrons. The van der Waals surface area contributed by atoms with Crippen LogP contribution in [0.4, 0.5) is 17.6 Å². The molecule has 0 atom stereocenters. The molecule has 0 amide bonds. The van der Waals surface area contributed by atoms with Gasteiger partial charge in [0.2, 0.25) is 0 Å². The van der Waals surface area contributed by atoms with Gasteiger partial charge in [0, 0.05) is 121 Å². The molecular weight excluding hydrogens is 1460 g/mol. The number of halogens is 4. The Morgan fingerprint density at radius 1 is 0.268 bits per heavy atom. The van der Waals surface area contributed by atoms with Gasteiger partial charge in [-0.15, -0.1) is 0 Å². The number of benzene rings is 1. The van der Waals surface area contributed by atoms with Crippen LogP contribution in [0.25, 0.3) is 0 Å². The monoisotopic (exact) mass is 1540 g/mol. The van der Waals surface area contributed by atoms with Gasteiger partial charge in [-0.3, -0.25) is 0 Å². The molecule has 0 unspecified atom stereocenters. The maximum absolute atomic E-state index is 12.8. The maximum atomic E-state index is 12.8. The molecule has 1 aromatic rings. The van der Waals surface area contributed by atoms with Crippen LogP contribution in [0.2, 0.25) is 0 Å². The summed E-state index contributed by atoms with van der Waals surface area (Å²) in [6, 6.07) is 0. The van der Waals surface area contributed by atoms with Gasteiger partial charge in [0.1, 0.15) is 0 Å². The minimum absolute atomic E-state index is 0. The van der Waals surface area contributed by atoms with Crippen LogP contribution < -0.4 is 40.9 Å². The second-order valence-electron chi connectivity index (χ2n) is 23.1. The van der Waals surface area contributed by atoms with Crippen LogP contribution in [0.1, 0.15) is 197 Å². The summed E-state index contributed by atoms with van der Waals surface area (Å²) in [6.45, 7) is 36.8. The minimum Gasteiger partial charge on any atom is -0.550 e. The molecular formula is C54H86F4O20Rh4. The van der Waals surface area contributed by atoms with E-state index in [1.165, 1.54) is 51.4 Å². The molecule has 0 spiro atoms. The molecule has 0 saturated carbocycles. The predicted molar refractivity (Wildman–Crippen MR) is 262 cm³/mol. The van der Waals surface area contributed by atoms with Crippen LogP contribution in [0.5, 0.6) is 0 Å². The third-order valence-electron chi connectivity index (χ3n) is 8.66. The zero-order valence-corrected chi connectivity index (χ0v) is 56.9. The molecule has 82 heavy (non-hydrogen) atoms. The van der Waals surface area contributed by atoms with E-state index < -0.39 is 115 Å². The SMILES string of the molecule is C1CCOC1.C1CCOC1.C1CCOC1.C1CCOC1.CC(C)(C)C(=O)[O-].CC(C)(C)C(=O)[O-].CC(C)(C)C(=O)[O-].CC(C)(C)C(=O)[O-].CC(C)(C)C(=O)[O-].CC(C)(C)C(=O)[O-].O=C([O-])c1c(F)c(F)c(C(=O)[O-])c(F)c1F.[Rh+2].[Rh+2].[Rh+2].[Rh+2]. The van der Waals surface area contributed by atoms with Crippen molar-refractivity contribution in [1.82, 2.24) is 0 Å². The Morgan fingerprint density at radius 3 is 0.390 bits per heavy atom. The zero-order chi connectivity index (χ0) is 63.2. The predicted octanol–water partition coefficient (Wildman–Crippen LogP) is 0.842. The van der Waals surface area contributed by atoms with Crippen molar-refractivity contribution in [3.8, 4) is 0 Å².